The zero-order chi connectivity index (χ0) is 16.9. The van der Waals surface area contributed by atoms with Crippen LogP contribution in [0.2, 0.25) is 0 Å². The Morgan fingerprint density at radius 1 is 1.04 bits per heavy atom. The van der Waals surface area contributed by atoms with Crippen LogP contribution >= 0.6 is 0 Å². The minimum Gasteiger partial charge on any atom is -0.352 e. The molecule has 0 saturated heterocycles. The molecular formula is C19H28N2O2. The molecule has 2 N–H and O–H groups in total. The molecule has 1 aromatic rings. The Balaban J connectivity index is 1.97. The molecule has 1 aliphatic carbocycles. The predicted octanol–water partition coefficient (Wildman–Crippen LogP) is 3.80. The van der Waals surface area contributed by atoms with Gasteiger partial charge in [-0.15, -0.1) is 0 Å². The number of hydrogen-bond donors (Lipinski definition) is 2. The zero-order valence-electron chi connectivity index (χ0n) is 14.4. The Hall–Kier alpha value is -1.84. The normalized spacial score (nSPS) is 16.5. The lowest BCUT2D eigenvalue weighted by molar-refractivity contribution is -0.138. The molecule has 4 nitrogen and oxygen atoms in total. The third kappa shape index (κ3) is 4.81. The summed E-state index contributed by atoms with van der Waals surface area (Å²) in [6.45, 7) is 5.34. The van der Waals surface area contributed by atoms with Crippen LogP contribution in [-0.2, 0) is 9.59 Å². The highest BCUT2D eigenvalue weighted by Gasteiger charge is 2.37. The van der Waals surface area contributed by atoms with Gasteiger partial charge in [-0.2, -0.15) is 0 Å². The van der Waals surface area contributed by atoms with E-state index < -0.39 is 5.41 Å². The van der Waals surface area contributed by atoms with Crippen molar-refractivity contribution in [2.45, 2.75) is 65.3 Å². The molecule has 1 fully saturated rings. The fourth-order valence-electron chi connectivity index (χ4n) is 2.90. The molecule has 2 amide bonds. The first-order valence-electron chi connectivity index (χ1n) is 8.58. The number of carbonyl (C=O) groups excluding carboxylic acids is 2. The minimum absolute atomic E-state index is 0.186. The van der Waals surface area contributed by atoms with Gasteiger partial charge in [-0.1, -0.05) is 37.8 Å². The lowest BCUT2D eigenvalue weighted by Gasteiger charge is -2.26. The van der Waals surface area contributed by atoms with Gasteiger partial charge in [0.2, 0.25) is 11.8 Å². The number of carbonyl (C=O) groups is 2. The molecule has 0 aromatic heterocycles. The molecule has 0 radical (unpaired) electrons. The number of anilines is 1. The molecule has 126 valence electrons. The summed E-state index contributed by atoms with van der Waals surface area (Å²) < 4.78 is 0. The van der Waals surface area contributed by atoms with Gasteiger partial charge in [-0.25, -0.2) is 0 Å². The Bertz CT molecular complexity index is 558. The second-order valence-corrected chi connectivity index (χ2v) is 7.11. The van der Waals surface area contributed by atoms with Gasteiger partial charge < -0.3 is 10.6 Å². The molecular weight excluding hydrogens is 288 g/mol. The van der Waals surface area contributed by atoms with Gasteiger partial charge in [0.1, 0.15) is 5.41 Å². The number of hydrogen-bond acceptors (Lipinski definition) is 2. The molecule has 0 heterocycles. The van der Waals surface area contributed by atoms with Crippen LogP contribution < -0.4 is 10.6 Å². The Kier molecular flexibility index (Phi) is 5.80. The molecule has 1 aliphatic rings. The predicted molar refractivity (Wildman–Crippen MR) is 93.2 cm³/mol. The molecule has 0 spiro atoms. The van der Waals surface area contributed by atoms with Gasteiger partial charge in [0, 0.05) is 11.7 Å². The molecule has 0 bridgehead atoms. The maximum atomic E-state index is 12.6. The molecule has 0 atom stereocenters. The van der Waals surface area contributed by atoms with Crippen molar-refractivity contribution in [3.05, 3.63) is 29.8 Å². The van der Waals surface area contributed by atoms with Crippen LogP contribution in [-0.4, -0.2) is 17.9 Å². The second-order valence-electron chi connectivity index (χ2n) is 7.11. The highest BCUT2D eigenvalue weighted by atomic mass is 16.2. The largest absolute Gasteiger partial charge is 0.352 e. The van der Waals surface area contributed by atoms with Gasteiger partial charge >= 0.3 is 0 Å². The van der Waals surface area contributed by atoms with E-state index in [1.165, 1.54) is 12.8 Å². The van der Waals surface area contributed by atoms with Crippen molar-refractivity contribution < 1.29 is 9.59 Å². The van der Waals surface area contributed by atoms with E-state index in [1.807, 2.05) is 31.2 Å². The fourth-order valence-corrected chi connectivity index (χ4v) is 2.90. The lowest BCUT2D eigenvalue weighted by atomic mass is 9.90. The SMILES string of the molecule is Cc1cccc(NC(=O)C(C)(C)C(=O)NC2CCCCCC2)c1. The first-order valence-corrected chi connectivity index (χ1v) is 8.58. The van der Waals surface area contributed by atoms with E-state index in [0.29, 0.717) is 0 Å². The summed E-state index contributed by atoms with van der Waals surface area (Å²) in [5, 5.41) is 5.93. The topological polar surface area (TPSA) is 58.2 Å². The van der Waals surface area contributed by atoms with E-state index >= 15 is 0 Å². The molecule has 4 heteroatoms. The lowest BCUT2D eigenvalue weighted by Crippen LogP contribution is -2.48. The van der Waals surface area contributed by atoms with Crippen molar-refractivity contribution in [2.24, 2.45) is 5.41 Å². The highest BCUT2D eigenvalue weighted by Crippen LogP contribution is 2.22. The van der Waals surface area contributed by atoms with Crippen molar-refractivity contribution in [3.8, 4) is 0 Å². The summed E-state index contributed by atoms with van der Waals surface area (Å²) in [6.07, 6.45) is 6.82. The molecule has 2 rings (SSSR count). The number of aryl methyl sites for hydroxylation is 1. The molecule has 23 heavy (non-hydrogen) atoms. The zero-order valence-corrected chi connectivity index (χ0v) is 14.4. The minimum atomic E-state index is -1.09. The molecule has 1 saturated carbocycles. The average molecular weight is 316 g/mol. The quantitative estimate of drug-likeness (QED) is 0.656. The Morgan fingerprint density at radius 2 is 1.70 bits per heavy atom. The summed E-state index contributed by atoms with van der Waals surface area (Å²) in [5.74, 6) is -0.455. The second kappa shape index (κ2) is 7.62. The number of amides is 2. The third-order valence-electron chi connectivity index (χ3n) is 4.60. The maximum Gasteiger partial charge on any atom is 0.239 e. The maximum absolute atomic E-state index is 12.6. The van der Waals surface area contributed by atoms with Gasteiger partial charge in [0.05, 0.1) is 0 Å². The van der Waals surface area contributed by atoms with Crippen molar-refractivity contribution in [2.75, 3.05) is 5.32 Å². The number of nitrogens with one attached hydrogen (secondary N) is 2. The Morgan fingerprint density at radius 3 is 2.30 bits per heavy atom. The van der Waals surface area contributed by atoms with E-state index in [4.69, 9.17) is 0 Å². The van der Waals surface area contributed by atoms with Crippen molar-refractivity contribution in [1.82, 2.24) is 5.32 Å². The Labute approximate surface area is 139 Å². The van der Waals surface area contributed by atoms with Crippen molar-refractivity contribution in [3.63, 3.8) is 0 Å². The molecule has 0 aliphatic heterocycles. The summed E-state index contributed by atoms with van der Waals surface area (Å²) >= 11 is 0. The van der Waals surface area contributed by atoms with E-state index in [9.17, 15) is 9.59 Å². The van der Waals surface area contributed by atoms with Crippen molar-refractivity contribution >= 4 is 17.5 Å². The van der Waals surface area contributed by atoms with Crippen LogP contribution in [0.25, 0.3) is 0 Å². The standard InChI is InChI=1S/C19H28N2O2/c1-14-9-8-12-16(13-14)21-18(23)19(2,3)17(22)20-15-10-6-4-5-7-11-15/h8-9,12-13,15H,4-7,10-11H2,1-3H3,(H,20,22)(H,21,23). The highest BCUT2D eigenvalue weighted by molar-refractivity contribution is 6.09. The first kappa shape index (κ1) is 17.5. The fraction of sp³-hybridized carbons (Fsp3) is 0.579. The van der Waals surface area contributed by atoms with E-state index in [1.54, 1.807) is 13.8 Å². The molecule has 1 aromatic carbocycles. The van der Waals surface area contributed by atoms with Crippen LogP contribution in [0.5, 0.6) is 0 Å². The smallest absolute Gasteiger partial charge is 0.239 e. The van der Waals surface area contributed by atoms with E-state index in [0.717, 1.165) is 36.9 Å². The van der Waals surface area contributed by atoms with Crippen LogP contribution in [0.4, 0.5) is 5.69 Å². The summed E-state index contributed by atoms with van der Waals surface area (Å²) in [7, 11) is 0. The third-order valence-corrected chi connectivity index (χ3v) is 4.60. The van der Waals surface area contributed by atoms with E-state index in [-0.39, 0.29) is 17.9 Å². The van der Waals surface area contributed by atoms with Gasteiger partial charge in [0.15, 0.2) is 0 Å². The number of benzene rings is 1. The summed E-state index contributed by atoms with van der Waals surface area (Å²) in [5.41, 5.74) is 0.713. The monoisotopic (exact) mass is 316 g/mol. The van der Waals surface area contributed by atoms with Crippen LogP contribution in [0.1, 0.15) is 57.9 Å². The van der Waals surface area contributed by atoms with Crippen LogP contribution in [0, 0.1) is 12.3 Å². The van der Waals surface area contributed by atoms with Gasteiger partial charge in [-0.3, -0.25) is 9.59 Å². The van der Waals surface area contributed by atoms with E-state index in [2.05, 4.69) is 10.6 Å². The summed E-state index contributed by atoms with van der Waals surface area (Å²) in [6, 6.07) is 7.81. The summed E-state index contributed by atoms with van der Waals surface area (Å²) in [4.78, 5) is 25.1. The van der Waals surface area contributed by atoms with Gasteiger partial charge in [0.25, 0.3) is 0 Å². The van der Waals surface area contributed by atoms with Gasteiger partial charge in [-0.05, 0) is 51.3 Å². The van der Waals surface area contributed by atoms with Crippen molar-refractivity contribution in [1.29, 1.82) is 0 Å². The number of rotatable bonds is 4. The van der Waals surface area contributed by atoms with Crippen LogP contribution in [0.3, 0.4) is 0 Å². The van der Waals surface area contributed by atoms with Crippen LogP contribution in [0.15, 0.2) is 24.3 Å². The molecule has 0 unspecified atom stereocenters. The average Bonchev–Trinajstić information content (AvgIpc) is 2.75. The first-order chi connectivity index (χ1) is 10.9.